The number of hydrogen-bond acceptors (Lipinski definition) is 3. The van der Waals surface area contributed by atoms with Crippen molar-refractivity contribution in [2.45, 2.75) is 25.6 Å². The van der Waals surface area contributed by atoms with E-state index in [4.69, 9.17) is 0 Å². The molecule has 20 heavy (non-hydrogen) atoms. The number of nitrogens with zero attached hydrogens (tertiary/aromatic N) is 2. The summed E-state index contributed by atoms with van der Waals surface area (Å²) >= 11 is 0. The van der Waals surface area contributed by atoms with Crippen LogP contribution in [0.15, 0.2) is 24.3 Å². The van der Waals surface area contributed by atoms with Crippen LogP contribution in [0.1, 0.15) is 18.1 Å². The second-order valence-electron chi connectivity index (χ2n) is 5.23. The highest BCUT2D eigenvalue weighted by Crippen LogP contribution is 2.19. The van der Waals surface area contributed by atoms with E-state index in [1.165, 1.54) is 4.31 Å². The van der Waals surface area contributed by atoms with Gasteiger partial charge in [0, 0.05) is 20.1 Å². The smallest absolute Gasteiger partial charge is 0.240 e. The lowest BCUT2D eigenvalue weighted by Crippen LogP contribution is -2.56. The SMILES string of the molecule is Cc1ccccc1CS(=O)(=O)N1CCN(C)C(=O)C1C. The Hall–Kier alpha value is -1.40. The number of hydrogen-bond donors (Lipinski definition) is 0. The molecule has 1 heterocycles. The third-order valence-corrected chi connectivity index (χ3v) is 5.67. The van der Waals surface area contributed by atoms with Crippen molar-refractivity contribution >= 4 is 15.9 Å². The third kappa shape index (κ3) is 2.86. The van der Waals surface area contributed by atoms with Gasteiger partial charge in [-0.3, -0.25) is 4.79 Å². The Morgan fingerprint density at radius 3 is 2.55 bits per heavy atom. The molecule has 2 rings (SSSR count). The van der Waals surface area contributed by atoms with Gasteiger partial charge in [-0.1, -0.05) is 24.3 Å². The summed E-state index contributed by atoms with van der Waals surface area (Å²) in [5.74, 6) is -0.203. The zero-order chi connectivity index (χ0) is 14.9. The molecule has 1 fully saturated rings. The first kappa shape index (κ1) is 15.0. The predicted octanol–water partition coefficient (Wildman–Crippen LogP) is 0.987. The summed E-state index contributed by atoms with van der Waals surface area (Å²) in [4.78, 5) is 13.5. The highest BCUT2D eigenvalue weighted by molar-refractivity contribution is 7.88. The molecule has 1 unspecified atom stereocenters. The van der Waals surface area contributed by atoms with Gasteiger partial charge in [0.05, 0.1) is 5.75 Å². The molecule has 1 aliphatic heterocycles. The summed E-state index contributed by atoms with van der Waals surface area (Å²) in [5, 5.41) is 0. The zero-order valence-corrected chi connectivity index (χ0v) is 12.9. The van der Waals surface area contributed by atoms with Crippen LogP contribution in [0.25, 0.3) is 0 Å². The minimum Gasteiger partial charge on any atom is -0.343 e. The lowest BCUT2D eigenvalue weighted by Gasteiger charge is -2.36. The topological polar surface area (TPSA) is 57.7 Å². The number of carbonyl (C=O) groups is 1. The highest BCUT2D eigenvalue weighted by Gasteiger charge is 2.36. The van der Waals surface area contributed by atoms with Gasteiger partial charge in [0.15, 0.2) is 0 Å². The molecule has 110 valence electrons. The minimum absolute atomic E-state index is 0.0546. The van der Waals surface area contributed by atoms with Gasteiger partial charge in [-0.2, -0.15) is 4.31 Å². The fourth-order valence-corrected chi connectivity index (χ4v) is 4.24. The Labute approximate surface area is 120 Å². The summed E-state index contributed by atoms with van der Waals surface area (Å²) in [7, 11) is -1.78. The van der Waals surface area contributed by atoms with E-state index >= 15 is 0 Å². The van der Waals surface area contributed by atoms with Crippen molar-refractivity contribution < 1.29 is 13.2 Å². The number of piperazine rings is 1. The molecule has 0 saturated carbocycles. The molecule has 6 heteroatoms. The lowest BCUT2D eigenvalue weighted by atomic mass is 10.1. The maximum Gasteiger partial charge on any atom is 0.240 e. The van der Waals surface area contributed by atoms with E-state index in [2.05, 4.69) is 0 Å². The first-order chi connectivity index (χ1) is 9.33. The monoisotopic (exact) mass is 296 g/mol. The van der Waals surface area contributed by atoms with Gasteiger partial charge >= 0.3 is 0 Å². The highest BCUT2D eigenvalue weighted by atomic mass is 32.2. The Morgan fingerprint density at radius 2 is 1.90 bits per heavy atom. The van der Waals surface area contributed by atoms with Gasteiger partial charge in [-0.05, 0) is 25.0 Å². The summed E-state index contributed by atoms with van der Waals surface area (Å²) in [6.45, 7) is 4.34. The van der Waals surface area contributed by atoms with E-state index in [0.29, 0.717) is 13.1 Å². The number of sulfonamides is 1. The van der Waals surface area contributed by atoms with E-state index in [0.717, 1.165) is 11.1 Å². The second kappa shape index (κ2) is 5.54. The average Bonchev–Trinajstić information content (AvgIpc) is 2.38. The zero-order valence-electron chi connectivity index (χ0n) is 12.0. The average molecular weight is 296 g/mol. The van der Waals surface area contributed by atoms with Gasteiger partial charge in [-0.25, -0.2) is 8.42 Å². The molecule has 1 atom stereocenters. The summed E-state index contributed by atoms with van der Waals surface area (Å²) < 4.78 is 26.4. The summed E-state index contributed by atoms with van der Waals surface area (Å²) in [6.07, 6.45) is 0. The third-order valence-electron chi connectivity index (χ3n) is 3.78. The van der Waals surface area contributed by atoms with Crippen LogP contribution in [-0.2, 0) is 20.6 Å². The maximum absolute atomic E-state index is 12.5. The Morgan fingerprint density at radius 1 is 1.25 bits per heavy atom. The molecule has 0 N–H and O–H groups in total. The first-order valence-electron chi connectivity index (χ1n) is 6.62. The van der Waals surface area contributed by atoms with E-state index in [1.807, 2.05) is 31.2 Å². The molecule has 1 saturated heterocycles. The van der Waals surface area contributed by atoms with E-state index in [-0.39, 0.29) is 11.7 Å². The number of aryl methyl sites for hydroxylation is 1. The van der Waals surface area contributed by atoms with Gasteiger partial charge in [0.1, 0.15) is 6.04 Å². The molecular formula is C14H20N2O3S. The Balaban J connectivity index is 2.23. The van der Waals surface area contributed by atoms with Crippen molar-refractivity contribution in [2.75, 3.05) is 20.1 Å². The van der Waals surface area contributed by atoms with Crippen molar-refractivity contribution in [2.24, 2.45) is 0 Å². The van der Waals surface area contributed by atoms with Gasteiger partial charge in [-0.15, -0.1) is 0 Å². The molecule has 1 aromatic carbocycles. The van der Waals surface area contributed by atoms with Crippen LogP contribution in [0.2, 0.25) is 0 Å². The first-order valence-corrected chi connectivity index (χ1v) is 8.23. The summed E-state index contributed by atoms with van der Waals surface area (Å²) in [5.41, 5.74) is 1.73. The van der Waals surface area contributed by atoms with E-state index in [9.17, 15) is 13.2 Å². The van der Waals surface area contributed by atoms with Crippen LogP contribution in [0.3, 0.4) is 0 Å². The molecule has 1 amide bonds. The van der Waals surface area contributed by atoms with E-state index < -0.39 is 16.1 Å². The van der Waals surface area contributed by atoms with Gasteiger partial charge in [0.2, 0.25) is 15.9 Å². The minimum atomic E-state index is -3.48. The standard InChI is InChI=1S/C14H20N2O3S/c1-11-6-4-5-7-13(11)10-20(18,19)16-9-8-15(3)14(17)12(16)2/h4-7,12H,8-10H2,1-3H3. The van der Waals surface area contributed by atoms with Crippen molar-refractivity contribution in [1.82, 2.24) is 9.21 Å². The van der Waals surface area contributed by atoms with Crippen molar-refractivity contribution in [3.8, 4) is 0 Å². The van der Waals surface area contributed by atoms with Crippen LogP contribution >= 0.6 is 0 Å². The molecule has 0 spiro atoms. The largest absolute Gasteiger partial charge is 0.343 e. The van der Waals surface area contributed by atoms with Crippen molar-refractivity contribution in [3.05, 3.63) is 35.4 Å². The van der Waals surface area contributed by atoms with Crippen LogP contribution in [-0.4, -0.2) is 49.7 Å². The number of benzene rings is 1. The van der Waals surface area contributed by atoms with Crippen LogP contribution in [0, 0.1) is 6.92 Å². The number of rotatable bonds is 3. The second-order valence-corrected chi connectivity index (χ2v) is 7.15. The lowest BCUT2D eigenvalue weighted by molar-refractivity contribution is -0.136. The Bertz CT molecular complexity index is 613. The van der Waals surface area contributed by atoms with Crippen LogP contribution < -0.4 is 0 Å². The van der Waals surface area contributed by atoms with E-state index in [1.54, 1.807) is 18.9 Å². The fraction of sp³-hybridized carbons (Fsp3) is 0.500. The van der Waals surface area contributed by atoms with Crippen molar-refractivity contribution in [3.63, 3.8) is 0 Å². The number of carbonyl (C=O) groups excluding carboxylic acids is 1. The quantitative estimate of drug-likeness (QED) is 0.836. The van der Waals surface area contributed by atoms with Crippen LogP contribution in [0.5, 0.6) is 0 Å². The number of amides is 1. The van der Waals surface area contributed by atoms with Crippen LogP contribution in [0.4, 0.5) is 0 Å². The fourth-order valence-electron chi connectivity index (χ4n) is 2.43. The normalized spacial score (nSPS) is 21.2. The molecule has 0 bridgehead atoms. The molecule has 0 radical (unpaired) electrons. The van der Waals surface area contributed by atoms with Crippen molar-refractivity contribution in [1.29, 1.82) is 0 Å². The molecular weight excluding hydrogens is 276 g/mol. The van der Waals surface area contributed by atoms with Gasteiger partial charge in [0.25, 0.3) is 0 Å². The molecule has 1 aromatic rings. The van der Waals surface area contributed by atoms with Gasteiger partial charge < -0.3 is 4.90 Å². The summed E-state index contributed by atoms with van der Waals surface area (Å²) in [6, 6.07) is 6.80. The maximum atomic E-state index is 12.5. The number of likely N-dealkylation sites (N-methyl/N-ethyl adjacent to an activating group) is 1. The molecule has 5 nitrogen and oxygen atoms in total. The predicted molar refractivity (Wildman–Crippen MR) is 77.6 cm³/mol. The molecule has 1 aliphatic rings. The Kier molecular flexibility index (Phi) is 4.15. The molecule has 0 aromatic heterocycles. The molecule has 0 aliphatic carbocycles.